The minimum Gasteiger partial charge on any atom is -0.476 e. The first kappa shape index (κ1) is 14.1. The third-order valence-electron chi connectivity index (χ3n) is 4.72. The fourth-order valence-electron chi connectivity index (χ4n) is 3.54. The van der Waals surface area contributed by atoms with E-state index in [4.69, 9.17) is 0 Å². The van der Waals surface area contributed by atoms with Gasteiger partial charge in [0.1, 0.15) is 0 Å². The van der Waals surface area contributed by atoms with Crippen molar-refractivity contribution in [3.05, 3.63) is 17.0 Å². The fraction of sp³-hybridized carbons (Fsp3) is 0.667. The average Bonchev–Trinajstić information content (AvgIpc) is 2.84. The Hall–Kier alpha value is -1.85. The average molecular weight is 291 g/mol. The number of carbonyl (C=O) groups excluding carboxylic acids is 1. The number of carbonyl (C=O) groups is 2. The lowest BCUT2D eigenvalue weighted by atomic mass is 9.87. The molecule has 1 N–H and O–H groups in total. The molecule has 1 aliphatic carbocycles. The van der Waals surface area contributed by atoms with E-state index in [0.717, 1.165) is 36.9 Å². The van der Waals surface area contributed by atoms with E-state index < -0.39 is 5.97 Å². The maximum Gasteiger partial charge on any atom is 0.356 e. The Labute approximate surface area is 123 Å². The second kappa shape index (κ2) is 5.50. The lowest BCUT2D eigenvalue weighted by molar-refractivity contribution is -0.137. The van der Waals surface area contributed by atoms with Gasteiger partial charge in [0, 0.05) is 25.1 Å². The Morgan fingerprint density at radius 1 is 1.24 bits per heavy atom. The van der Waals surface area contributed by atoms with Crippen molar-refractivity contribution in [1.29, 1.82) is 0 Å². The summed E-state index contributed by atoms with van der Waals surface area (Å²) in [6, 6.07) is 0. The highest BCUT2D eigenvalue weighted by Gasteiger charge is 2.32. The van der Waals surface area contributed by atoms with E-state index in [0.29, 0.717) is 19.5 Å². The topological polar surface area (TPSA) is 75.4 Å². The molecule has 0 unspecified atom stereocenters. The number of aryl methyl sites for hydroxylation is 1. The summed E-state index contributed by atoms with van der Waals surface area (Å²) in [7, 11) is 1.75. The van der Waals surface area contributed by atoms with Gasteiger partial charge in [-0.2, -0.15) is 5.10 Å². The molecule has 6 nitrogen and oxygen atoms in total. The summed E-state index contributed by atoms with van der Waals surface area (Å²) in [6.45, 7) is 1.09. The lowest BCUT2D eigenvalue weighted by Gasteiger charge is -2.32. The van der Waals surface area contributed by atoms with Crippen LogP contribution in [0.5, 0.6) is 0 Å². The number of hydrogen-bond acceptors (Lipinski definition) is 3. The molecule has 21 heavy (non-hydrogen) atoms. The predicted octanol–water partition coefficient (Wildman–Crippen LogP) is 1.58. The zero-order chi connectivity index (χ0) is 15.0. The molecule has 1 aromatic rings. The zero-order valence-corrected chi connectivity index (χ0v) is 12.3. The van der Waals surface area contributed by atoms with Crippen LogP contribution in [0.25, 0.3) is 0 Å². The number of carboxylic acids is 1. The highest BCUT2D eigenvalue weighted by atomic mass is 16.4. The van der Waals surface area contributed by atoms with Crippen LogP contribution in [0, 0.1) is 5.92 Å². The summed E-state index contributed by atoms with van der Waals surface area (Å²) in [5.74, 6) is -0.593. The number of aromatic nitrogens is 2. The van der Waals surface area contributed by atoms with Crippen molar-refractivity contribution < 1.29 is 14.7 Å². The summed E-state index contributed by atoms with van der Waals surface area (Å²) >= 11 is 0. The van der Waals surface area contributed by atoms with Gasteiger partial charge in [-0.05, 0) is 19.3 Å². The van der Waals surface area contributed by atoms with Crippen molar-refractivity contribution in [2.45, 2.75) is 45.1 Å². The van der Waals surface area contributed by atoms with Crippen LogP contribution in [0.1, 0.15) is 53.8 Å². The Balaban J connectivity index is 1.78. The minimum atomic E-state index is -0.987. The molecule has 6 heteroatoms. The number of aromatic carboxylic acids is 1. The number of hydrogen-bond donors (Lipinski definition) is 1. The molecule has 1 fully saturated rings. The number of amides is 1. The maximum absolute atomic E-state index is 12.6. The largest absolute Gasteiger partial charge is 0.476 e. The van der Waals surface area contributed by atoms with E-state index in [1.54, 1.807) is 11.7 Å². The Morgan fingerprint density at radius 3 is 2.62 bits per heavy atom. The second-order valence-corrected chi connectivity index (χ2v) is 6.05. The van der Waals surface area contributed by atoms with E-state index in [1.807, 2.05) is 4.90 Å². The second-order valence-electron chi connectivity index (χ2n) is 6.05. The first-order valence-corrected chi connectivity index (χ1v) is 7.64. The molecule has 0 spiro atoms. The van der Waals surface area contributed by atoms with Crippen molar-refractivity contribution in [3.8, 4) is 0 Å². The number of nitrogens with zero attached hydrogens (tertiary/aromatic N) is 3. The molecule has 1 amide bonds. The number of rotatable bonds is 2. The molecule has 0 saturated heterocycles. The van der Waals surface area contributed by atoms with Crippen LogP contribution in [0.2, 0.25) is 0 Å². The molecule has 1 aliphatic heterocycles. The Morgan fingerprint density at radius 2 is 1.95 bits per heavy atom. The summed E-state index contributed by atoms with van der Waals surface area (Å²) in [6.07, 6.45) is 6.09. The summed E-state index contributed by atoms with van der Waals surface area (Å²) in [5, 5.41) is 13.3. The molecule has 114 valence electrons. The minimum absolute atomic E-state index is 0.136. The Bertz CT molecular complexity index is 573. The predicted molar refractivity (Wildman–Crippen MR) is 75.9 cm³/mol. The van der Waals surface area contributed by atoms with Crippen LogP contribution >= 0.6 is 0 Å². The van der Waals surface area contributed by atoms with Crippen LogP contribution in [0.3, 0.4) is 0 Å². The monoisotopic (exact) mass is 291 g/mol. The summed E-state index contributed by atoms with van der Waals surface area (Å²) in [4.78, 5) is 25.7. The zero-order valence-electron chi connectivity index (χ0n) is 12.3. The van der Waals surface area contributed by atoms with Crippen molar-refractivity contribution in [1.82, 2.24) is 14.7 Å². The molecule has 2 heterocycles. The van der Waals surface area contributed by atoms with Crippen LogP contribution < -0.4 is 0 Å². The van der Waals surface area contributed by atoms with E-state index in [-0.39, 0.29) is 17.5 Å². The van der Waals surface area contributed by atoms with Gasteiger partial charge in [-0.1, -0.05) is 19.3 Å². The smallest absolute Gasteiger partial charge is 0.356 e. The first-order valence-electron chi connectivity index (χ1n) is 7.64. The number of carboxylic acid groups (broad SMARTS) is 1. The van der Waals surface area contributed by atoms with E-state index >= 15 is 0 Å². The van der Waals surface area contributed by atoms with Gasteiger partial charge in [0.25, 0.3) is 0 Å². The highest BCUT2D eigenvalue weighted by molar-refractivity contribution is 5.87. The normalized spacial score (nSPS) is 19.4. The fourth-order valence-corrected chi connectivity index (χ4v) is 3.54. The van der Waals surface area contributed by atoms with Crippen LogP contribution in [-0.2, 0) is 24.8 Å². The van der Waals surface area contributed by atoms with Crippen molar-refractivity contribution in [2.24, 2.45) is 13.0 Å². The first-order chi connectivity index (χ1) is 10.1. The van der Waals surface area contributed by atoms with Gasteiger partial charge < -0.3 is 10.0 Å². The van der Waals surface area contributed by atoms with Gasteiger partial charge in [-0.3, -0.25) is 9.48 Å². The lowest BCUT2D eigenvalue weighted by Crippen LogP contribution is -2.40. The standard InChI is InChI=1S/C15H21N3O3/c1-17-12-9-18(14(19)10-5-3-2-4-6-10)8-7-11(12)13(16-17)15(20)21/h10H,2-9H2,1H3,(H,20,21). The molecule has 1 saturated carbocycles. The molecule has 0 bridgehead atoms. The Kier molecular flexibility index (Phi) is 3.69. The third-order valence-corrected chi connectivity index (χ3v) is 4.72. The van der Waals surface area contributed by atoms with E-state index in [1.165, 1.54) is 6.42 Å². The quantitative estimate of drug-likeness (QED) is 0.897. The molecule has 0 atom stereocenters. The molecule has 1 aromatic heterocycles. The maximum atomic E-state index is 12.6. The highest BCUT2D eigenvalue weighted by Crippen LogP contribution is 2.28. The van der Waals surface area contributed by atoms with Crippen LogP contribution in [-0.4, -0.2) is 38.2 Å². The van der Waals surface area contributed by atoms with Crippen molar-refractivity contribution in [3.63, 3.8) is 0 Å². The third kappa shape index (κ3) is 2.54. The SMILES string of the molecule is Cn1nc(C(=O)O)c2c1CN(C(=O)C1CCCCC1)CC2. The number of fused-ring (bicyclic) bond motifs is 1. The summed E-state index contributed by atoms with van der Waals surface area (Å²) < 4.78 is 1.61. The summed E-state index contributed by atoms with van der Waals surface area (Å²) in [5.41, 5.74) is 1.79. The molecular weight excluding hydrogens is 270 g/mol. The van der Waals surface area contributed by atoms with Crippen molar-refractivity contribution >= 4 is 11.9 Å². The molecule has 0 radical (unpaired) electrons. The van der Waals surface area contributed by atoms with Crippen LogP contribution in [0.4, 0.5) is 0 Å². The van der Waals surface area contributed by atoms with Crippen LogP contribution in [0.15, 0.2) is 0 Å². The molecule has 3 rings (SSSR count). The molecule has 2 aliphatic rings. The van der Waals surface area contributed by atoms with Crippen molar-refractivity contribution in [2.75, 3.05) is 6.54 Å². The van der Waals surface area contributed by atoms with E-state index in [9.17, 15) is 14.7 Å². The molecule has 0 aromatic carbocycles. The van der Waals surface area contributed by atoms with E-state index in [2.05, 4.69) is 5.10 Å². The molecular formula is C15H21N3O3. The van der Waals surface area contributed by atoms with Gasteiger partial charge in [0.05, 0.1) is 12.2 Å². The van der Waals surface area contributed by atoms with Gasteiger partial charge in [-0.25, -0.2) is 4.79 Å². The van der Waals surface area contributed by atoms with Gasteiger partial charge in [0.2, 0.25) is 5.91 Å². The van der Waals surface area contributed by atoms with Gasteiger partial charge in [-0.15, -0.1) is 0 Å². The van der Waals surface area contributed by atoms with Gasteiger partial charge in [0.15, 0.2) is 5.69 Å². The van der Waals surface area contributed by atoms with Gasteiger partial charge >= 0.3 is 5.97 Å².